The second-order valence-corrected chi connectivity index (χ2v) is 13.6. The lowest BCUT2D eigenvalue weighted by Gasteiger charge is -2.25. The van der Waals surface area contributed by atoms with E-state index >= 15 is 0 Å². The van der Waals surface area contributed by atoms with E-state index in [9.17, 15) is 23.4 Å². The number of aromatic nitrogens is 1. The Morgan fingerprint density at radius 1 is 0.894 bits per heavy atom. The number of aliphatic hydroxyl groups excluding tert-OH is 1. The molecule has 1 aromatic heterocycles. The van der Waals surface area contributed by atoms with Gasteiger partial charge in [-0.15, -0.1) is 0 Å². The van der Waals surface area contributed by atoms with E-state index < -0.39 is 21.9 Å². The van der Waals surface area contributed by atoms with E-state index in [1.54, 1.807) is 37.4 Å². The lowest BCUT2D eigenvalue weighted by molar-refractivity contribution is 0.0691. The third-order valence-electron chi connectivity index (χ3n) is 7.71. The van der Waals surface area contributed by atoms with Crippen molar-refractivity contribution in [2.75, 3.05) is 13.1 Å². The fourth-order valence-corrected chi connectivity index (χ4v) is 6.85. The van der Waals surface area contributed by atoms with Gasteiger partial charge in [-0.05, 0) is 65.9 Å². The fourth-order valence-electron chi connectivity index (χ4n) is 5.24. The molecule has 5 rings (SSSR count). The number of aryl methyl sites for hydroxylation is 1. The van der Waals surface area contributed by atoms with E-state index in [1.807, 2.05) is 60.7 Å². The van der Waals surface area contributed by atoms with Crippen LogP contribution >= 0.6 is 11.6 Å². The number of hydrogen-bond acceptors (Lipinski definition) is 7. The number of halogens is 1. The van der Waals surface area contributed by atoms with Crippen molar-refractivity contribution in [3.8, 4) is 5.75 Å². The molecule has 1 heterocycles. The van der Waals surface area contributed by atoms with Crippen LogP contribution in [-0.4, -0.2) is 47.6 Å². The number of aromatic carboxylic acids is 1. The molecule has 0 fully saturated rings. The highest BCUT2D eigenvalue weighted by atomic mass is 35.5. The van der Waals surface area contributed by atoms with Crippen molar-refractivity contribution in [3.63, 3.8) is 0 Å². The Morgan fingerprint density at radius 2 is 1.55 bits per heavy atom. The number of carbonyl (C=O) groups is 1. The van der Waals surface area contributed by atoms with E-state index in [4.69, 9.17) is 16.3 Å². The van der Waals surface area contributed by atoms with Crippen LogP contribution in [0, 0.1) is 6.92 Å². The normalized spacial score (nSPS) is 12.2. The quantitative estimate of drug-likeness (QED) is 0.122. The van der Waals surface area contributed by atoms with Gasteiger partial charge in [-0.3, -0.25) is 4.90 Å². The first-order valence-corrected chi connectivity index (χ1v) is 16.9. The number of carboxylic acids is 1. The summed E-state index contributed by atoms with van der Waals surface area (Å²) >= 11 is 5.92. The van der Waals surface area contributed by atoms with Crippen LogP contribution in [0.3, 0.4) is 0 Å². The Balaban J connectivity index is 1.35. The van der Waals surface area contributed by atoms with E-state index in [2.05, 4.69) is 9.88 Å². The smallest absolute Gasteiger partial charge is 0.339 e. The van der Waals surface area contributed by atoms with Crippen LogP contribution in [0.1, 0.15) is 44.3 Å². The van der Waals surface area contributed by atoms with Gasteiger partial charge in [-0.1, -0.05) is 90.5 Å². The van der Waals surface area contributed by atoms with E-state index in [-0.39, 0.29) is 27.7 Å². The van der Waals surface area contributed by atoms with Crippen LogP contribution in [0.25, 0.3) is 0 Å². The zero-order valence-electron chi connectivity index (χ0n) is 25.8. The first-order valence-electron chi connectivity index (χ1n) is 15.0. The summed E-state index contributed by atoms with van der Waals surface area (Å²) in [5, 5.41) is 21.2. The van der Waals surface area contributed by atoms with Gasteiger partial charge in [0.2, 0.25) is 9.84 Å². The van der Waals surface area contributed by atoms with Crippen molar-refractivity contribution in [2.45, 2.75) is 42.4 Å². The number of pyridine rings is 1. The average Bonchev–Trinajstić information content (AvgIpc) is 3.07. The third kappa shape index (κ3) is 8.84. The number of rotatable bonds is 14. The fraction of sp³-hybridized carbons (Fsp3) is 0.189. The summed E-state index contributed by atoms with van der Waals surface area (Å²) in [4.78, 5) is 18.2. The zero-order chi connectivity index (χ0) is 33.4. The molecular formula is C37H35ClN2O6S. The van der Waals surface area contributed by atoms with Crippen LogP contribution in [-0.2, 0) is 29.4 Å². The van der Waals surface area contributed by atoms with Gasteiger partial charge in [0.05, 0.1) is 11.0 Å². The molecule has 4 aromatic carbocycles. The molecule has 0 saturated heterocycles. The first-order chi connectivity index (χ1) is 22.6. The van der Waals surface area contributed by atoms with Crippen LogP contribution in [0.2, 0.25) is 5.15 Å². The van der Waals surface area contributed by atoms with Gasteiger partial charge < -0.3 is 14.9 Å². The minimum absolute atomic E-state index is 0.00828. The van der Waals surface area contributed by atoms with Gasteiger partial charge in [0, 0.05) is 31.4 Å². The summed E-state index contributed by atoms with van der Waals surface area (Å²) in [7, 11) is -4.14. The van der Waals surface area contributed by atoms with Gasteiger partial charge in [0.1, 0.15) is 22.2 Å². The topological polar surface area (TPSA) is 117 Å². The summed E-state index contributed by atoms with van der Waals surface area (Å²) in [6.07, 6.45) is 1.38. The summed E-state index contributed by atoms with van der Waals surface area (Å²) in [5.74, 6) is -1.47. The summed E-state index contributed by atoms with van der Waals surface area (Å²) in [5.41, 5.74) is 3.71. The predicted molar refractivity (Wildman–Crippen MR) is 180 cm³/mol. The summed E-state index contributed by atoms with van der Waals surface area (Å²) < 4.78 is 33.7. The maximum atomic E-state index is 13.9. The number of carboxylic acid groups (broad SMARTS) is 1. The second-order valence-electron chi connectivity index (χ2n) is 11.3. The highest BCUT2D eigenvalue weighted by Gasteiger charge is 2.28. The van der Waals surface area contributed by atoms with Crippen molar-refractivity contribution in [2.24, 2.45) is 0 Å². The molecule has 0 bridgehead atoms. The maximum Gasteiger partial charge on any atom is 0.339 e. The van der Waals surface area contributed by atoms with Crippen molar-refractivity contribution >= 4 is 27.4 Å². The van der Waals surface area contributed by atoms with Gasteiger partial charge in [-0.2, -0.15) is 0 Å². The zero-order valence-corrected chi connectivity index (χ0v) is 27.4. The largest absolute Gasteiger partial charge is 0.487 e. The molecule has 2 N–H and O–H groups in total. The van der Waals surface area contributed by atoms with E-state index in [0.717, 1.165) is 16.7 Å². The van der Waals surface area contributed by atoms with Gasteiger partial charge in [0.15, 0.2) is 5.75 Å². The molecule has 8 nitrogen and oxygen atoms in total. The first kappa shape index (κ1) is 33.8. The number of benzene rings is 4. The molecule has 0 saturated carbocycles. The van der Waals surface area contributed by atoms with E-state index in [1.165, 1.54) is 24.3 Å². The monoisotopic (exact) mass is 670 g/mol. The molecule has 10 heteroatoms. The standard InChI is InChI=1S/C37H35ClN2O6S/c1-26-20-32(37(42)43)36(46-25-29-10-6-3-7-11-29)34(21-26)47(44,45)31-15-12-27(13-16-31)18-19-40(23-28-8-4-2-5-9-28)24-33(41)30-14-17-35(38)39-22-30/h2-17,20-22,33,41H,18-19,23-25H2,1H3,(H,42,43)/t33-/m0/s1. The van der Waals surface area contributed by atoms with E-state index in [0.29, 0.717) is 42.3 Å². The highest BCUT2D eigenvalue weighted by Crippen LogP contribution is 2.35. The van der Waals surface area contributed by atoms with Crippen molar-refractivity contribution in [1.29, 1.82) is 0 Å². The molecule has 0 unspecified atom stereocenters. The summed E-state index contributed by atoms with van der Waals surface area (Å²) in [6, 6.07) is 31.9. The molecule has 0 aliphatic rings. The lowest BCUT2D eigenvalue weighted by Crippen LogP contribution is -2.30. The van der Waals surface area contributed by atoms with Crippen LogP contribution in [0.5, 0.6) is 5.75 Å². The molecule has 5 aromatic rings. The molecule has 0 aliphatic heterocycles. The molecule has 0 amide bonds. The predicted octanol–water partition coefficient (Wildman–Crippen LogP) is 6.93. The second kappa shape index (κ2) is 15.4. The molecule has 0 radical (unpaired) electrons. The molecule has 1 atom stereocenters. The number of sulfone groups is 1. The maximum absolute atomic E-state index is 13.9. The van der Waals surface area contributed by atoms with Gasteiger partial charge in [-0.25, -0.2) is 18.2 Å². The third-order valence-corrected chi connectivity index (χ3v) is 9.71. The van der Waals surface area contributed by atoms with Crippen LogP contribution in [0.15, 0.2) is 125 Å². The highest BCUT2D eigenvalue weighted by molar-refractivity contribution is 7.91. The average molecular weight is 671 g/mol. The van der Waals surface area contributed by atoms with Gasteiger partial charge >= 0.3 is 5.97 Å². The Hall–Kier alpha value is -4.54. The van der Waals surface area contributed by atoms with Crippen LogP contribution in [0.4, 0.5) is 0 Å². The molecule has 0 spiro atoms. The number of nitrogens with zero attached hydrogens (tertiary/aromatic N) is 2. The number of aliphatic hydroxyl groups is 1. The Morgan fingerprint density at radius 3 is 2.17 bits per heavy atom. The molecular weight excluding hydrogens is 636 g/mol. The van der Waals surface area contributed by atoms with Crippen molar-refractivity contribution in [3.05, 3.63) is 154 Å². The summed E-state index contributed by atoms with van der Waals surface area (Å²) in [6.45, 7) is 3.22. The Bertz CT molecular complexity index is 1900. The SMILES string of the molecule is Cc1cc(C(=O)O)c(OCc2ccccc2)c(S(=O)(=O)c2ccc(CCN(Cc3ccccc3)C[C@H](O)c3ccc(Cl)nc3)cc2)c1. The number of ether oxygens (including phenoxy) is 1. The minimum atomic E-state index is -4.14. The van der Waals surface area contributed by atoms with Crippen LogP contribution < -0.4 is 4.74 Å². The lowest BCUT2D eigenvalue weighted by atomic mass is 10.1. The minimum Gasteiger partial charge on any atom is -0.487 e. The van der Waals surface area contributed by atoms with Gasteiger partial charge in [0.25, 0.3) is 0 Å². The Kier molecular flexibility index (Phi) is 11.1. The molecule has 242 valence electrons. The van der Waals surface area contributed by atoms with Crippen molar-refractivity contribution in [1.82, 2.24) is 9.88 Å². The van der Waals surface area contributed by atoms with Crippen molar-refractivity contribution < 1.29 is 28.2 Å². The molecule has 47 heavy (non-hydrogen) atoms. The Labute approximate surface area is 279 Å². The number of hydrogen-bond donors (Lipinski definition) is 2. The molecule has 0 aliphatic carbocycles.